The summed E-state index contributed by atoms with van der Waals surface area (Å²) in [5.74, 6) is -0.528. The minimum atomic E-state index is -4.69. The van der Waals surface area contributed by atoms with Crippen LogP contribution in [0.4, 0.5) is 0 Å². The molecule has 0 aliphatic rings. The van der Waals surface area contributed by atoms with Crippen molar-refractivity contribution in [3.05, 3.63) is 24.3 Å². The zero-order chi connectivity index (χ0) is 53.6. The molecule has 0 aromatic heterocycles. The number of nitrogens with one attached hydrogen (secondary N) is 1. The zero-order valence-corrected chi connectivity index (χ0v) is 50.3. The number of likely N-dealkylation sites (N-methyl/N-ethyl adjacent to an activating group) is 1. The van der Waals surface area contributed by atoms with Gasteiger partial charge in [0, 0.05) is 12.8 Å². The van der Waals surface area contributed by atoms with Crippen LogP contribution in [-0.4, -0.2) is 69.4 Å². The number of phosphoric ester groups is 1. The molecule has 3 atom stereocenters. The number of ether oxygens (including phenoxy) is 1. The van der Waals surface area contributed by atoms with E-state index in [1.165, 1.54) is 218 Å². The van der Waals surface area contributed by atoms with E-state index < -0.39 is 20.0 Å². The Hall–Kier alpha value is -1.51. The molecular formula is C63H123N2O7P. The lowest BCUT2D eigenvalue weighted by molar-refractivity contribution is -0.870. The molecule has 0 bridgehead atoms. The smallest absolute Gasteiger partial charge is 0.306 e. The van der Waals surface area contributed by atoms with Gasteiger partial charge in [0.2, 0.25) is 5.91 Å². The first-order chi connectivity index (χ1) is 35.4. The summed E-state index contributed by atoms with van der Waals surface area (Å²) in [6.07, 6.45) is 62.8. The third kappa shape index (κ3) is 55.1. The molecule has 10 heteroatoms. The van der Waals surface area contributed by atoms with Crippen LogP contribution >= 0.6 is 7.82 Å². The Morgan fingerprint density at radius 2 is 0.795 bits per heavy atom. The van der Waals surface area contributed by atoms with E-state index in [1.807, 2.05) is 33.3 Å². The first kappa shape index (κ1) is 71.5. The molecule has 0 aromatic carbocycles. The van der Waals surface area contributed by atoms with Gasteiger partial charge >= 0.3 is 5.97 Å². The van der Waals surface area contributed by atoms with Crippen molar-refractivity contribution >= 4 is 19.7 Å². The summed E-state index contributed by atoms with van der Waals surface area (Å²) in [5.41, 5.74) is 0. The van der Waals surface area contributed by atoms with E-state index in [-0.39, 0.29) is 31.5 Å². The van der Waals surface area contributed by atoms with Crippen LogP contribution in [-0.2, 0) is 27.9 Å². The standard InChI is InChI=1S/C63H123N2O7P/c1-7-10-13-16-19-22-25-28-30-32-34-37-40-43-46-49-52-55-62(66)64-60(59-71-73(68,69)70-58-57-65(4,5)6)61(54-51-48-45-42-39-36-27-24-21-18-15-12-9-3)72-63(67)56-53-50-47-44-41-38-35-33-31-29-26-23-20-17-14-11-8-2/h29,31,51,54,60-61H,7-28,30,32-50,52-53,55-59H2,1-6H3,(H-,64,66,68,69)/b31-29+,54-51+. The molecule has 0 aliphatic carbocycles. The fourth-order valence-electron chi connectivity index (χ4n) is 9.46. The molecule has 9 nitrogen and oxygen atoms in total. The maximum absolute atomic E-state index is 13.5. The van der Waals surface area contributed by atoms with E-state index in [9.17, 15) is 19.0 Å². The monoisotopic (exact) mass is 1050 g/mol. The van der Waals surface area contributed by atoms with E-state index in [0.29, 0.717) is 17.4 Å². The van der Waals surface area contributed by atoms with Crippen LogP contribution in [0.1, 0.15) is 316 Å². The summed E-state index contributed by atoms with van der Waals surface area (Å²) in [6, 6.07) is -0.884. The maximum atomic E-state index is 13.5. The number of hydrogen-bond acceptors (Lipinski definition) is 7. The first-order valence-electron chi connectivity index (χ1n) is 31.6. The van der Waals surface area contributed by atoms with Gasteiger partial charge in [-0.25, -0.2) is 0 Å². The van der Waals surface area contributed by atoms with Crippen molar-refractivity contribution in [2.45, 2.75) is 328 Å². The topological polar surface area (TPSA) is 114 Å². The third-order valence-electron chi connectivity index (χ3n) is 14.4. The minimum Gasteiger partial charge on any atom is -0.756 e. The second-order valence-electron chi connectivity index (χ2n) is 22.9. The SMILES string of the molecule is CCCCCCCC/C=C/CCCCCCCCCC(=O)OC(/C=C/CCCCCCCCCCCCC)C(COP(=O)([O-])OCC[N+](C)(C)C)NC(=O)CCCCCCCCCCCCCCCCCCC. The van der Waals surface area contributed by atoms with Crippen LogP contribution in [0.2, 0.25) is 0 Å². The highest BCUT2D eigenvalue weighted by Gasteiger charge is 2.27. The van der Waals surface area contributed by atoms with E-state index in [2.05, 4.69) is 38.2 Å². The number of rotatable bonds is 58. The molecule has 3 unspecified atom stereocenters. The van der Waals surface area contributed by atoms with Crippen molar-refractivity contribution in [3.8, 4) is 0 Å². The Morgan fingerprint density at radius 1 is 0.466 bits per heavy atom. The molecule has 1 N–H and O–H groups in total. The molecule has 0 fully saturated rings. The van der Waals surface area contributed by atoms with Crippen LogP contribution in [0.15, 0.2) is 24.3 Å². The molecule has 73 heavy (non-hydrogen) atoms. The number of hydrogen-bond donors (Lipinski definition) is 1. The summed E-state index contributed by atoms with van der Waals surface area (Å²) in [6.45, 7) is 6.88. The molecule has 432 valence electrons. The third-order valence-corrected chi connectivity index (χ3v) is 15.3. The molecule has 0 aromatic rings. The van der Waals surface area contributed by atoms with Crippen LogP contribution < -0.4 is 10.2 Å². The summed E-state index contributed by atoms with van der Waals surface area (Å²) < 4.78 is 30.3. The number of quaternary nitrogens is 1. The largest absolute Gasteiger partial charge is 0.756 e. The van der Waals surface area contributed by atoms with Gasteiger partial charge in [0.25, 0.3) is 7.82 Å². The molecule has 0 spiro atoms. The molecule has 0 aliphatic heterocycles. The molecule has 0 rings (SSSR count). The van der Waals surface area contributed by atoms with Gasteiger partial charge in [-0.15, -0.1) is 0 Å². The Balaban J connectivity index is 5.26. The van der Waals surface area contributed by atoms with E-state index >= 15 is 0 Å². The number of carbonyl (C=O) groups is 2. The lowest BCUT2D eigenvalue weighted by Crippen LogP contribution is -2.47. The van der Waals surface area contributed by atoms with E-state index in [0.717, 1.165) is 64.2 Å². The first-order valence-corrected chi connectivity index (χ1v) is 33.1. The summed E-state index contributed by atoms with van der Waals surface area (Å²) in [4.78, 5) is 40.0. The zero-order valence-electron chi connectivity index (χ0n) is 49.4. The summed E-state index contributed by atoms with van der Waals surface area (Å²) in [7, 11) is 1.20. The predicted molar refractivity (Wildman–Crippen MR) is 312 cm³/mol. The molecular weight excluding hydrogens is 928 g/mol. The normalized spacial score (nSPS) is 13.8. The molecule has 1 amide bonds. The number of carbonyl (C=O) groups excluding carboxylic acids is 2. The number of esters is 1. The predicted octanol–water partition coefficient (Wildman–Crippen LogP) is 18.7. The van der Waals surface area contributed by atoms with Gasteiger partial charge in [-0.3, -0.25) is 14.2 Å². The Kier molecular flexibility index (Phi) is 52.8. The van der Waals surface area contributed by atoms with Gasteiger partial charge in [-0.05, 0) is 57.4 Å². The van der Waals surface area contributed by atoms with Crippen LogP contribution in [0.5, 0.6) is 0 Å². The summed E-state index contributed by atoms with van der Waals surface area (Å²) in [5, 5.41) is 3.04. The van der Waals surface area contributed by atoms with Crippen LogP contribution in [0.3, 0.4) is 0 Å². The Morgan fingerprint density at radius 3 is 1.16 bits per heavy atom. The van der Waals surface area contributed by atoms with Gasteiger partial charge in [-0.2, -0.15) is 0 Å². The number of nitrogens with zero attached hydrogens (tertiary/aromatic N) is 1. The van der Waals surface area contributed by atoms with Crippen molar-refractivity contribution in [2.75, 3.05) is 40.9 Å². The van der Waals surface area contributed by atoms with E-state index in [4.69, 9.17) is 13.8 Å². The van der Waals surface area contributed by atoms with Gasteiger partial charge in [0.1, 0.15) is 19.3 Å². The summed E-state index contributed by atoms with van der Waals surface area (Å²) >= 11 is 0. The van der Waals surface area contributed by atoms with Gasteiger partial charge in [0.15, 0.2) is 0 Å². The highest BCUT2D eigenvalue weighted by molar-refractivity contribution is 7.45. The minimum absolute atomic E-state index is 0.0193. The average molecular weight is 1050 g/mol. The second-order valence-corrected chi connectivity index (χ2v) is 24.3. The Labute approximate surface area is 454 Å². The van der Waals surface area contributed by atoms with Crippen molar-refractivity contribution in [2.24, 2.45) is 0 Å². The number of amides is 1. The highest BCUT2D eigenvalue weighted by Crippen LogP contribution is 2.38. The highest BCUT2D eigenvalue weighted by atomic mass is 31.2. The van der Waals surface area contributed by atoms with Crippen LogP contribution in [0.25, 0.3) is 0 Å². The lowest BCUT2D eigenvalue weighted by atomic mass is 10.0. The number of phosphoric acid groups is 1. The average Bonchev–Trinajstić information content (AvgIpc) is 3.35. The lowest BCUT2D eigenvalue weighted by Gasteiger charge is -2.30. The fraction of sp³-hybridized carbons (Fsp3) is 0.905. The second kappa shape index (κ2) is 53.9. The van der Waals surface area contributed by atoms with Gasteiger partial charge in [-0.1, -0.05) is 270 Å². The van der Waals surface area contributed by atoms with Gasteiger partial charge in [0.05, 0.1) is 33.8 Å². The molecule has 0 saturated carbocycles. The van der Waals surface area contributed by atoms with Crippen LogP contribution in [0, 0.1) is 0 Å². The van der Waals surface area contributed by atoms with Crippen molar-refractivity contribution in [3.63, 3.8) is 0 Å². The van der Waals surface area contributed by atoms with Crippen molar-refractivity contribution < 1.29 is 37.3 Å². The number of unbranched alkanes of at least 4 members (excludes halogenated alkanes) is 40. The Bertz CT molecular complexity index is 1300. The van der Waals surface area contributed by atoms with Crippen molar-refractivity contribution in [1.29, 1.82) is 0 Å². The van der Waals surface area contributed by atoms with E-state index in [1.54, 1.807) is 0 Å². The quantitative estimate of drug-likeness (QED) is 0.0212. The van der Waals surface area contributed by atoms with Gasteiger partial charge < -0.3 is 28.5 Å². The fourth-order valence-corrected chi connectivity index (χ4v) is 10.2. The van der Waals surface area contributed by atoms with Crippen molar-refractivity contribution in [1.82, 2.24) is 5.32 Å². The molecule has 0 radical (unpaired) electrons. The molecule has 0 heterocycles. The molecule has 0 saturated heterocycles. The number of allylic oxidation sites excluding steroid dienone is 3. The maximum Gasteiger partial charge on any atom is 0.306 e.